The Bertz CT molecular complexity index is 1980. The van der Waals surface area contributed by atoms with E-state index in [1.165, 1.54) is 11.1 Å². The van der Waals surface area contributed by atoms with E-state index in [1.54, 1.807) is 0 Å². The second kappa shape index (κ2) is 9.97. The molecule has 3 nitrogen and oxygen atoms in total. The second-order valence-corrected chi connectivity index (χ2v) is 13.0. The van der Waals surface area contributed by atoms with E-state index in [0.29, 0.717) is 0 Å². The number of hydrogen-bond donors (Lipinski definition) is 0. The predicted octanol–water partition coefficient (Wildman–Crippen LogP) is 9.43. The van der Waals surface area contributed by atoms with E-state index in [0.717, 1.165) is 33.6 Å². The van der Waals surface area contributed by atoms with Crippen LogP contribution in [0.2, 0.25) is 0 Å². The minimum Gasteiger partial charge on any atom is -0.399 e. The van der Waals surface area contributed by atoms with Crippen LogP contribution in [0, 0.1) is 0 Å². The Hall–Kier alpha value is -4.12. The summed E-state index contributed by atoms with van der Waals surface area (Å²) in [4.78, 5) is 1.85. The van der Waals surface area contributed by atoms with E-state index in [9.17, 15) is 2.74 Å². The lowest BCUT2D eigenvalue weighted by molar-refractivity contribution is 0.00578. The molecule has 5 aromatic carbocycles. The summed E-state index contributed by atoms with van der Waals surface area (Å²) in [7, 11) is -1.03. The van der Waals surface area contributed by atoms with Gasteiger partial charge in [-0.25, -0.2) is 0 Å². The summed E-state index contributed by atoms with van der Waals surface area (Å²) in [6.07, 6.45) is 0. The van der Waals surface area contributed by atoms with Crippen molar-refractivity contribution >= 4 is 29.6 Å². The fourth-order valence-electron chi connectivity index (χ4n) is 6.18. The molecule has 1 aliphatic carbocycles. The zero-order valence-electron chi connectivity index (χ0n) is 29.6. The van der Waals surface area contributed by atoms with Crippen molar-refractivity contribution in [1.29, 1.82) is 0 Å². The first-order valence-electron chi connectivity index (χ1n) is 16.9. The van der Waals surface area contributed by atoms with Gasteiger partial charge in [0.15, 0.2) is 0 Å². The molecule has 7 rings (SSSR count). The molecule has 0 radical (unpaired) electrons. The van der Waals surface area contributed by atoms with Crippen molar-refractivity contribution in [3.05, 3.63) is 132 Å². The van der Waals surface area contributed by atoms with Crippen molar-refractivity contribution in [2.24, 2.45) is 0 Å². The zero-order valence-corrected chi connectivity index (χ0v) is 25.6. The largest absolute Gasteiger partial charge is 0.494 e. The molecule has 1 heterocycles. The molecule has 1 fully saturated rings. The Morgan fingerprint density at radius 1 is 0.558 bits per heavy atom. The summed E-state index contributed by atoms with van der Waals surface area (Å²) in [5.74, 6) is 0. The van der Waals surface area contributed by atoms with E-state index in [1.807, 2.05) is 81.1 Å². The first-order valence-corrected chi connectivity index (χ1v) is 14.9. The number of hydrogen-bond acceptors (Lipinski definition) is 3. The summed E-state index contributed by atoms with van der Waals surface area (Å²) in [6.45, 7) is 12.1. The molecule has 214 valence electrons. The molecule has 0 amide bonds. The van der Waals surface area contributed by atoms with Crippen molar-refractivity contribution in [3.63, 3.8) is 0 Å². The van der Waals surface area contributed by atoms with Crippen LogP contribution < -0.4 is 10.4 Å². The van der Waals surface area contributed by atoms with Gasteiger partial charge >= 0.3 is 7.12 Å². The average molecular weight is 568 g/mol. The highest BCUT2D eigenvalue weighted by Crippen LogP contribution is 2.50. The normalized spacial score (nSPS) is 18.7. The van der Waals surface area contributed by atoms with Crippen LogP contribution in [0.4, 0.5) is 17.1 Å². The van der Waals surface area contributed by atoms with E-state index in [-0.39, 0.29) is 40.7 Å². The average Bonchev–Trinajstić information content (AvgIpc) is 3.41. The molecular formula is C39H38BNO2. The molecule has 0 atom stereocenters. The molecule has 0 aromatic heterocycles. The molecule has 5 aromatic rings. The van der Waals surface area contributed by atoms with Crippen molar-refractivity contribution in [1.82, 2.24) is 0 Å². The predicted molar refractivity (Wildman–Crippen MR) is 180 cm³/mol. The van der Waals surface area contributed by atoms with Gasteiger partial charge in [0, 0.05) is 22.5 Å². The summed E-state index contributed by atoms with van der Waals surface area (Å²) >= 11 is 0. The van der Waals surface area contributed by atoms with Crippen molar-refractivity contribution in [2.75, 3.05) is 4.90 Å². The topological polar surface area (TPSA) is 21.7 Å². The third kappa shape index (κ3) is 4.61. The van der Waals surface area contributed by atoms with Crippen LogP contribution in [-0.4, -0.2) is 18.3 Å². The third-order valence-electron chi connectivity index (χ3n) is 9.40. The first-order chi connectivity index (χ1) is 22.2. The van der Waals surface area contributed by atoms with Gasteiger partial charge in [-0.15, -0.1) is 0 Å². The van der Waals surface area contributed by atoms with Gasteiger partial charge in [-0.1, -0.05) is 98.7 Å². The quantitative estimate of drug-likeness (QED) is 0.198. The van der Waals surface area contributed by atoms with Crippen molar-refractivity contribution in [3.8, 4) is 22.3 Å². The lowest BCUT2D eigenvalue weighted by atomic mass is 9.79. The molecule has 2 aliphatic rings. The van der Waals surface area contributed by atoms with Gasteiger partial charge in [0.2, 0.25) is 0 Å². The monoisotopic (exact) mass is 567 g/mol. The Balaban J connectivity index is 1.41. The number of fused-ring (bicyclic) bond motifs is 3. The van der Waals surface area contributed by atoms with Gasteiger partial charge in [-0.05, 0) is 103 Å². The highest BCUT2D eigenvalue weighted by Gasteiger charge is 2.51. The Morgan fingerprint density at radius 3 is 1.79 bits per heavy atom. The molecule has 4 heteroatoms. The summed E-state index contributed by atoms with van der Waals surface area (Å²) in [6, 6.07) is 32.2. The highest BCUT2D eigenvalue weighted by atomic mass is 16.7. The van der Waals surface area contributed by atoms with Gasteiger partial charge in [-0.3, -0.25) is 0 Å². The molecule has 0 spiro atoms. The lowest BCUT2D eigenvalue weighted by Gasteiger charge is -2.32. The number of nitrogens with zero attached hydrogens (tertiary/aromatic N) is 1. The molecule has 1 aliphatic heterocycles. The zero-order chi connectivity index (χ0) is 33.5. The molecule has 0 unspecified atom stereocenters. The Morgan fingerprint density at radius 2 is 1.12 bits per heavy atom. The number of rotatable bonds is 5. The summed E-state index contributed by atoms with van der Waals surface area (Å²) < 4.78 is 49.4. The maximum absolute atomic E-state index is 9.33. The van der Waals surface area contributed by atoms with Crippen LogP contribution in [0.5, 0.6) is 0 Å². The molecular weight excluding hydrogens is 525 g/mol. The van der Waals surface area contributed by atoms with E-state index >= 15 is 0 Å². The minimum absolute atomic E-state index is 0.104. The molecule has 43 heavy (non-hydrogen) atoms. The third-order valence-corrected chi connectivity index (χ3v) is 9.40. The smallest absolute Gasteiger partial charge is 0.399 e. The van der Waals surface area contributed by atoms with E-state index in [2.05, 4.69) is 62.4 Å². The Labute approximate surface area is 261 Å². The van der Waals surface area contributed by atoms with Gasteiger partial charge in [0.05, 0.1) is 16.7 Å². The molecule has 0 N–H and O–H groups in total. The SMILES string of the molecule is [2H]c1c([2H])c(N(c2ccc(-c3ccccc3)cc2)c2ccc3c(c2)C(C)(C)c2ccccc2-3)c([2H])c([2H])c1B1OC(C)(C)C(C)(C)O1. The Kier molecular flexibility index (Phi) is 5.42. The molecule has 0 saturated carbocycles. The van der Waals surface area contributed by atoms with Crippen LogP contribution in [0.3, 0.4) is 0 Å². The van der Waals surface area contributed by atoms with Crippen molar-refractivity contribution in [2.45, 2.75) is 58.2 Å². The molecule has 0 bridgehead atoms. The first kappa shape index (κ1) is 23.4. The van der Waals surface area contributed by atoms with Gasteiger partial charge in [0.1, 0.15) is 0 Å². The van der Waals surface area contributed by atoms with Crippen LogP contribution >= 0.6 is 0 Å². The van der Waals surface area contributed by atoms with Crippen LogP contribution in [0.15, 0.2) is 121 Å². The summed E-state index contributed by atoms with van der Waals surface area (Å²) in [5.41, 5.74) is 6.97. The fraction of sp³-hybridized carbons (Fsp3) is 0.231. The maximum Gasteiger partial charge on any atom is 0.494 e. The summed E-state index contributed by atoms with van der Waals surface area (Å²) in [5, 5.41) is 0. The second-order valence-electron chi connectivity index (χ2n) is 13.0. The van der Waals surface area contributed by atoms with E-state index < -0.39 is 18.3 Å². The molecule has 1 saturated heterocycles. The number of anilines is 3. The van der Waals surface area contributed by atoms with Crippen molar-refractivity contribution < 1.29 is 14.8 Å². The van der Waals surface area contributed by atoms with Crippen LogP contribution in [-0.2, 0) is 14.7 Å². The van der Waals surface area contributed by atoms with Gasteiger partial charge < -0.3 is 14.2 Å². The van der Waals surface area contributed by atoms with Gasteiger partial charge in [0.25, 0.3) is 0 Å². The maximum atomic E-state index is 9.33. The van der Waals surface area contributed by atoms with Gasteiger partial charge in [-0.2, -0.15) is 0 Å². The highest BCUT2D eigenvalue weighted by molar-refractivity contribution is 6.62. The fourth-order valence-corrected chi connectivity index (χ4v) is 6.18. The minimum atomic E-state index is -1.03. The van der Waals surface area contributed by atoms with E-state index in [4.69, 9.17) is 12.1 Å². The number of benzene rings is 5. The van der Waals surface area contributed by atoms with Crippen LogP contribution in [0.1, 0.15) is 58.2 Å². The standard InChI is InChI=1S/C39H38BNO2/c1-37(2)35-15-11-10-14-33(35)34-25-24-32(26-36(34)37)41(30-20-16-28(17-21-30)27-12-8-7-9-13-27)31-22-18-29(19-23-31)40-42-38(3,4)39(5,6)43-40/h7-26H,1-6H3/i18D,19D,22D,23D. The lowest BCUT2D eigenvalue weighted by Crippen LogP contribution is -2.41. The van der Waals surface area contributed by atoms with Crippen LogP contribution in [0.25, 0.3) is 22.3 Å².